The average Bonchev–Trinajstić information content (AvgIpc) is 3.27. The Morgan fingerprint density at radius 3 is 2.68 bits per heavy atom. The third-order valence-electron chi connectivity index (χ3n) is 5.61. The minimum absolute atomic E-state index is 0.160. The normalized spacial score (nSPS) is 21.9. The van der Waals surface area contributed by atoms with Gasteiger partial charge in [-0.25, -0.2) is 4.39 Å². The standard InChI is InChI=1S/C22H24FN3O2/c1-2-13-11-24-18(21(13)27)12-25-22(28)20-19(14-7-9-15(23)10-8-14)16-5-3-4-6-17(16)26-20/h3-10,13,18,21,24,26-27H,2,11-12H2,1H3,(H,25,28)/t13-,18+,21+/m0/s1. The number of rotatable bonds is 5. The predicted octanol–water partition coefficient (Wildman–Crippen LogP) is 3.06. The fourth-order valence-corrected chi connectivity index (χ4v) is 3.97. The van der Waals surface area contributed by atoms with Crippen LogP contribution in [0.5, 0.6) is 0 Å². The number of carbonyl (C=O) groups excluding carboxylic acids is 1. The van der Waals surface area contributed by atoms with Gasteiger partial charge in [0.2, 0.25) is 0 Å². The van der Waals surface area contributed by atoms with Gasteiger partial charge < -0.3 is 20.7 Å². The zero-order chi connectivity index (χ0) is 19.7. The van der Waals surface area contributed by atoms with Gasteiger partial charge in [0.1, 0.15) is 11.5 Å². The first-order valence-corrected chi connectivity index (χ1v) is 9.64. The van der Waals surface area contributed by atoms with E-state index >= 15 is 0 Å². The maximum atomic E-state index is 13.4. The summed E-state index contributed by atoms with van der Waals surface area (Å²) in [5.41, 5.74) is 2.80. The van der Waals surface area contributed by atoms with Crippen molar-refractivity contribution in [3.05, 3.63) is 60.0 Å². The van der Waals surface area contributed by atoms with Crippen molar-refractivity contribution >= 4 is 16.8 Å². The maximum Gasteiger partial charge on any atom is 0.268 e. The summed E-state index contributed by atoms with van der Waals surface area (Å²) in [6.45, 7) is 3.15. The highest BCUT2D eigenvalue weighted by Gasteiger charge is 2.33. The highest BCUT2D eigenvalue weighted by atomic mass is 19.1. The first kappa shape index (κ1) is 18.7. The van der Waals surface area contributed by atoms with E-state index in [0.717, 1.165) is 35.0 Å². The summed E-state index contributed by atoms with van der Waals surface area (Å²) in [5.74, 6) is -0.351. The van der Waals surface area contributed by atoms with E-state index in [2.05, 4.69) is 22.5 Å². The van der Waals surface area contributed by atoms with E-state index in [0.29, 0.717) is 12.2 Å². The highest BCUT2D eigenvalue weighted by molar-refractivity contribution is 6.09. The number of nitrogens with one attached hydrogen (secondary N) is 3. The van der Waals surface area contributed by atoms with Crippen LogP contribution in [0.25, 0.3) is 22.0 Å². The number of amides is 1. The molecule has 146 valence electrons. The first-order chi connectivity index (χ1) is 13.6. The molecule has 28 heavy (non-hydrogen) atoms. The molecule has 2 heterocycles. The minimum Gasteiger partial charge on any atom is -0.391 e. The second-order valence-electron chi connectivity index (χ2n) is 7.31. The lowest BCUT2D eigenvalue weighted by Crippen LogP contribution is -2.43. The van der Waals surface area contributed by atoms with Gasteiger partial charge in [-0.05, 0) is 36.1 Å². The lowest BCUT2D eigenvalue weighted by molar-refractivity contribution is 0.0910. The summed E-state index contributed by atoms with van der Waals surface area (Å²) >= 11 is 0. The van der Waals surface area contributed by atoms with Crippen molar-refractivity contribution in [2.45, 2.75) is 25.5 Å². The van der Waals surface area contributed by atoms with Crippen molar-refractivity contribution < 1.29 is 14.3 Å². The van der Waals surface area contributed by atoms with Crippen molar-refractivity contribution in [2.75, 3.05) is 13.1 Å². The number of aliphatic hydroxyl groups is 1. The zero-order valence-electron chi connectivity index (χ0n) is 15.7. The lowest BCUT2D eigenvalue weighted by Gasteiger charge is -2.18. The molecule has 2 aromatic carbocycles. The van der Waals surface area contributed by atoms with E-state index in [9.17, 15) is 14.3 Å². The van der Waals surface area contributed by atoms with Crippen LogP contribution >= 0.6 is 0 Å². The molecular weight excluding hydrogens is 357 g/mol. The largest absolute Gasteiger partial charge is 0.391 e. The van der Waals surface area contributed by atoms with E-state index in [1.165, 1.54) is 12.1 Å². The van der Waals surface area contributed by atoms with Gasteiger partial charge in [-0.3, -0.25) is 4.79 Å². The number of benzene rings is 2. The molecule has 1 aromatic heterocycles. The topological polar surface area (TPSA) is 77.1 Å². The third kappa shape index (κ3) is 3.41. The van der Waals surface area contributed by atoms with Gasteiger partial charge in [-0.2, -0.15) is 0 Å². The first-order valence-electron chi connectivity index (χ1n) is 9.64. The van der Waals surface area contributed by atoms with Gasteiger partial charge in [-0.15, -0.1) is 0 Å². The Labute approximate surface area is 163 Å². The number of aromatic amines is 1. The summed E-state index contributed by atoms with van der Waals surface area (Å²) in [7, 11) is 0. The second-order valence-corrected chi connectivity index (χ2v) is 7.31. The average molecular weight is 381 g/mol. The molecule has 0 spiro atoms. The van der Waals surface area contributed by atoms with Gasteiger partial charge in [-0.1, -0.05) is 37.3 Å². The van der Waals surface area contributed by atoms with Crippen molar-refractivity contribution in [1.29, 1.82) is 0 Å². The van der Waals surface area contributed by atoms with Crippen molar-refractivity contribution in [1.82, 2.24) is 15.6 Å². The van der Waals surface area contributed by atoms with Gasteiger partial charge in [0, 0.05) is 29.6 Å². The number of halogens is 1. The van der Waals surface area contributed by atoms with E-state index < -0.39 is 6.10 Å². The molecule has 0 saturated carbocycles. The van der Waals surface area contributed by atoms with Crippen LogP contribution in [0.4, 0.5) is 4.39 Å². The smallest absolute Gasteiger partial charge is 0.268 e. The van der Waals surface area contributed by atoms with Gasteiger partial charge in [0.15, 0.2) is 0 Å². The molecule has 1 aliphatic rings. The molecule has 1 saturated heterocycles. The molecule has 5 nitrogen and oxygen atoms in total. The fourth-order valence-electron chi connectivity index (χ4n) is 3.97. The van der Waals surface area contributed by atoms with Crippen LogP contribution in [0.3, 0.4) is 0 Å². The molecule has 4 N–H and O–H groups in total. The van der Waals surface area contributed by atoms with Crippen LogP contribution in [0.1, 0.15) is 23.8 Å². The zero-order valence-corrected chi connectivity index (χ0v) is 15.7. The number of H-pyrrole nitrogens is 1. The number of carbonyl (C=O) groups is 1. The second kappa shape index (κ2) is 7.73. The monoisotopic (exact) mass is 381 g/mol. The quantitative estimate of drug-likeness (QED) is 0.549. The minimum atomic E-state index is -0.468. The molecule has 1 aliphatic heterocycles. The number of aliphatic hydroxyl groups excluding tert-OH is 1. The molecular formula is C22H24FN3O2. The fraction of sp³-hybridized carbons (Fsp3) is 0.318. The molecule has 6 heteroatoms. The summed E-state index contributed by atoms with van der Waals surface area (Å²) in [4.78, 5) is 16.2. The predicted molar refractivity (Wildman–Crippen MR) is 108 cm³/mol. The molecule has 3 aromatic rings. The Bertz CT molecular complexity index is 983. The lowest BCUT2D eigenvalue weighted by atomic mass is 9.99. The van der Waals surface area contributed by atoms with Crippen LogP contribution in [-0.4, -0.2) is 41.2 Å². The Balaban J connectivity index is 1.62. The van der Waals surface area contributed by atoms with E-state index in [4.69, 9.17) is 0 Å². The van der Waals surface area contributed by atoms with E-state index in [1.54, 1.807) is 12.1 Å². The van der Waals surface area contributed by atoms with Crippen LogP contribution in [0.15, 0.2) is 48.5 Å². The number of hydrogen-bond donors (Lipinski definition) is 4. The van der Waals surface area contributed by atoms with Crippen LogP contribution in [-0.2, 0) is 0 Å². The van der Waals surface area contributed by atoms with Crippen molar-refractivity contribution in [2.24, 2.45) is 5.92 Å². The van der Waals surface area contributed by atoms with E-state index in [-0.39, 0.29) is 23.7 Å². The number of hydrogen-bond acceptors (Lipinski definition) is 3. The third-order valence-corrected chi connectivity index (χ3v) is 5.61. The number of para-hydroxylation sites is 1. The van der Waals surface area contributed by atoms with Crippen LogP contribution in [0, 0.1) is 11.7 Å². The molecule has 0 radical (unpaired) electrons. The van der Waals surface area contributed by atoms with Crippen molar-refractivity contribution in [3.8, 4) is 11.1 Å². The van der Waals surface area contributed by atoms with Gasteiger partial charge in [0.05, 0.1) is 12.1 Å². The molecule has 1 amide bonds. The number of fused-ring (bicyclic) bond motifs is 1. The molecule has 0 aliphatic carbocycles. The molecule has 4 rings (SSSR count). The molecule has 0 bridgehead atoms. The van der Waals surface area contributed by atoms with E-state index in [1.807, 2.05) is 24.3 Å². The summed E-state index contributed by atoms with van der Waals surface area (Å²) in [5, 5.41) is 17.5. The molecule has 3 atom stereocenters. The Morgan fingerprint density at radius 2 is 1.96 bits per heavy atom. The van der Waals surface area contributed by atoms with Crippen molar-refractivity contribution in [3.63, 3.8) is 0 Å². The molecule has 1 fully saturated rings. The van der Waals surface area contributed by atoms with Gasteiger partial charge in [0.25, 0.3) is 5.91 Å². The summed E-state index contributed by atoms with van der Waals surface area (Å²) in [6, 6.07) is 13.6. The highest BCUT2D eigenvalue weighted by Crippen LogP contribution is 2.32. The maximum absolute atomic E-state index is 13.4. The van der Waals surface area contributed by atoms with Crippen LogP contribution < -0.4 is 10.6 Å². The Hall–Kier alpha value is -2.70. The number of aromatic nitrogens is 1. The Morgan fingerprint density at radius 1 is 1.21 bits per heavy atom. The summed E-state index contributed by atoms with van der Waals surface area (Å²) < 4.78 is 13.4. The Kier molecular flexibility index (Phi) is 5.15. The van der Waals surface area contributed by atoms with Crippen LogP contribution in [0.2, 0.25) is 0 Å². The molecule has 0 unspecified atom stereocenters. The SMILES string of the molecule is CC[C@H]1CN[C@H](CNC(=O)c2[nH]c3ccccc3c2-c2ccc(F)cc2)[C@@H]1O. The van der Waals surface area contributed by atoms with Gasteiger partial charge >= 0.3 is 0 Å². The summed E-state index contributed by atoms with van der Waals surface area (Å²) in [6.07, 6.45) is 0.430.